The molecule has 1 aliphatic heterocycles. The van der Waals surface area contributed by atoms with E-state index in [0.29, 0.717) is 13.2 Å². The van der Waals surface area contributed by atoms with Gasteiger partial charge in [-0.25, -0.2) is 4.79 Å². The molecule has 6 nitrogen and oxygen atoms in total. The van der Waals surface area contributed by atoms with Crippen molar-refractivity contribution in [2.75, 3.05) is 13.2 Å². The van der Waals surface area contributed by atoms with Gasteiger partial charge in [0.2, 0.25) is 0 Å². The molecule has 1 heterocycles. The van der Waals surface area contributed by atoms with Crippen molar-refractivity contribution in [3.63, 3.8) is 0 Å². The van der Waals surface area contributed by atoms with E-state index in [1.54, 1.807) is 0 Å². The summed E-state index contributed by atoms with van der Waals surface area (Å²) in [4.78, 5) is 25.9. The SMILES string of the molecule is O=NC(=O)N1CC(CCCCCOc2ccccc2)O1. The predicted octanol–water partition coefficient (Wildman–Crippen LogP) is 3.13. The minimum absolute atomic E-state index is 0.0377. The lowest BCUT2D eigenvalue weighted by Gasteiger charge is -2.35. The van der Waals surface area contributed by atoms with Crippen LogP contribution in [0.3, 0.4) is 0 Å². The van der Waals surface area contributed by atoms with Crippen molar-refractivity contribution in [2.45, 2.75) is 31.8 Å². The number of urea groups is 1. The Labute approximate surface area is 117 Å². The summed E-state index contributed by atoms with van der Waals surface area (Å²) in [5.74, 6) is 0.894. The molecule has 0 radical (unpaired) electrons. The van der Waals surface area contributed by atoms with E-state index >= 15 is 0 Å². The number of benzene rings is 1. The molecular weight excluding hydrogens is 260 g/mol. The first-order valence-corrected chi connectivity index (χ1v) is 6.79. The molecule has 0 aliphatic carbocycles. The van der Waals surface area contributed by atoms with E-state index in [1.165, 1.54) is 0 Å². The van der Waals surface area contributed by atoms with Crippen molar-refractivity contribution in [2.24, 2.45) is 5.18 Å². The highest BCUT2D eigenvalue weighted by Gasteiger charge is 2.32. The molecule has 1 unspecified atom stereocenters. The maximum absolute atomic E-state index is 10.8. The van der Waals surface area contributed by atoms with E-state index in [4.69, 9.17) is 9.57 Å². The van der Waals surface area contributed by atoms with Gasteiger partial charge in [0, 0.05) is 5.18 Å². The third-order valence-electron chi connectivity index (χ3n) is 3.12. The molecule has 20 heavy (non-hydrogen) atoms. The van der Waals surface area contributed by atoms with E-state index in [0.717, 1.165) is 36.5 Å². The first kappa shape index (κ1) is 14.5. The quantitative estimate of drug-likeness (QED) is 0.567. The molecule has 2 rings (SSSR count). The fraction of sp³-hybridized carbons (Fsp3) is 0.500. The highest BCUT2D eigenvalue weighted by Crippen LogP contribution is 2.19. The van der Waals surface area contributed by atoms with Crippen LogP contribution < -0.4 is 4.74 Å². The highest BCUT2D eigenvalue weighted by molar-refractivity contribution is 5.74. The molecule has 1 aliphatic rings. The molecule has 0 spiro atoms. The zero-order valence-electron chi connectivity index (χ0n) is 11.2. The minimum atomic E-state index is -0.850. The second kappa shape index (κ2) is 7.59. The Kier molecular flexibility index (Phi) is 5.49. The lowest BCUT2D eigenvalue weighted by atomic mass is 10.1. The first-order valence-electron chi connectivity index (χ1n) is 6.79. The monoisotopic (exact) mass is 278 g/mol. The predicted molar refractivity (Wildman–Crippen MR) is 73.2 cm³/mol. The van der Waals surface area contributed by atoms with Gasteiger partial charge in [0.05, 0.1) is 13.2 Å². The fourth-order valence-corrected chi connectivity index (χ4v) is 2.03. The molecule has 1 aromatic rings. The van der Waals surface area contributed by atoms with Crippen molar-refractivity contribution < 1.29 is 14.4 Å². The van der Waals surface area contributed by atoms with Crippen molar-refractivity contribution in [3.8, 4) is 5.75 Å². The Morgan fingerprint density at radius 2 is 2.05 bits per heavy atom. The summed E-state index contributed by atoms with van der Waals surface area (Å²) < 4.78 is 5.59. The van der Waals surface area contributed by atoms with Gasteiger partial charge < -0.3 is 4.74 Å². The van der Waals surface area contributed by atoms with Crippen LogP contribution >= 0.6 is 0 Å². The van der Waals surface area contributed by atoms with Crippen LogP contribution in [0.2, 0.25) is 0 Å². The summed E-state index contributed by atoms with van der Waals surface area (Å²) in [6, 6.07) is 8.88. The number of ether oxygens (including phenoxy) is 1. The number of nitroso groups, excluding NO2 is 1. The van der Waals surface area contributed by atoms with Gasteiger partial charge in [-0.2, -0.15) is 5.06 Å². The second-order valence-corrected chi connectivity index (χ2v) is 4.67. The molecule has 1 saturated heterocycles. The molecule has 6 heteroatoms. The van der Waals surface area contributed by atoms with Crippen LogP contribution in [0.4, 0.5) is 4.79 Å². The van der Waals surface area contributed by atoms with Crippen LogP contribution in [0, 0.1) is 4.91 Å². The van der Waals surface area contributed by atoms with Gasteiger partial charge in [0.25, 0.3) is 0 Å². The fourth-order valence-electron chi connectivity index (χ4n) is 2.03. The number of nitrogens with zero attached hydrogens (tertiary/aromatic N) is 2. The summed E-state index contributed by atoms with van der Waals surface area (Å²) >= 11 is 0. The minimum Gasteiger partial charge on any atom is -0.494 e. The summed E-state index contributed by atoms with van der Waals surface area (Å²) in [6.07, 6.45) is 3.97. The number of rotatable bonds is 7. The van der Waals surface area contributed by atoms with Crippen molar-refractivity contribution in [1.29, 1.82) is 0 Å². The van der Waals surface area contributed by atoms with Gasteiger partial charge in [-0.3, -0.25) is 4.84 Å². The Bertz CT molecular complexity index is 432. The van der Waals surface area contributed by atoms with Crippen molar-refractivity contribution >= 4 is 6.03 Å². The standard InChI is InChI=1S/C14H18N2O4/c17-14(15-18)16-11-13(20-16)9-5-2-6-10-19-12-7-3-1-4-8-12/h1,3-4,7-8,13H,2,5-6,9-11H2. The first-order chi connectivity index (χ1) is 9.79. The largest absolute Gasteiger partial charge is 0.494 e. The van der Waals surface area contributed by atoms with Crippen LogP contribution in [-0.4, -0.2) is 30.3 Å². The Morgan fingerprint density at radius 3 is 2.75 bits per heavy atom. The smallest absolute Gasteiger partial charge is 0.404 e. The third-order valence-corrected chi connectivity index (χ3v) is 3.12. The number of carbonyl (C=O) groups excluding carboxylic acids is 1. The lowest BCUT2D eigenvalue weighted by molar-refractivity contribution is -0.258. The zero-order valence-corrected chi connectivity index (χ0v) is 11.2. The van der Waals surface area contributed by atoms with Gasteiger partial charge in [-0.15, -0.1) is 4.91 Å². The van der Waals surface area contributed by atoms with Crippen LogP contribution in [0.15, 0.2) is 35.5 Å². The Hall–Kier alpha value is -1.95. The number of amides is 2. The number of hydrogen-bond acceptors (Lipinski definition) is 4. The number of para-hydroxylation sites is 1. The number of hydroxylamine groups is 2. The molecule has 1 fully saturated rings. The van der Waals surface area contributed by atoms with E-state index in [2.05, 4.69) is 5.18 Å². The normalized spacial score (nSPS) is 17.4. The molecule has 0 saturated carbocycles. The molecule has 1 aromatic carbocycles. The zero-order chi connectivity index (χ0) is 14.2. The molecule has 108 valence electrons. The Balaban J connectivity index is 1.45. The average molecular weight is 278 g/mol. The summed E-state index contributed by atoms with van der Waals surface area (Å²) in [6.45, 7) is 1.17. The van der Waals surface area contributed by atoms with E-state index in [1.807, 2.05) is 30.3 Å². The molecule has 0 N–H and O–H groups in total. The Morgan fingerprint density at radius 1 is 1.30 bits per heavy atom. The molecule has 2 amide bonds. The number of hydrogen-bond donors (Lipinski definition) is 0. The van der Waals surface area contributed by atoms with Crippen LogP contribution in [0.25, 0.3) is 0 Å². The van der Waals surface area contributed by atoms with E-state index < -0.39 is 6.03 Å². The molecule has 0 bridgehead atoms. The van der Waals surface area contributed by atoms with Gasteiger partial charge in [0.1, 0.15) is 11.9 Å². The highest BCUT2D eigenvalue weighted by atomic mass is 16.7. The van der Waals surface area contributed by atoms with Gasteiger partial charge in [-0.05, 0) is 31.4 Å². The number of carbonyl (C=O) groups is 1. The maximum atomic E-state index is 10.8. The lowest BCUT2D eigenvalue weighted by Crippen LogP contribution is -2.50. The van der Waals surface area contributed by atoms with Gasteiger partial charge in [-0.1, -0.05) is 24.6 Å². The van der Waals surface area contributed by atoms with Crippen molar-refractivity contribution in [1.82, 2.24) is 5.06 Å². The molecule has 0 aromatic heterocycles. The molecular formula is C14H18N2O4. The topological polar surface area (TPSA) is 68.2 Å². The molecule has 1 atom stereocenters. The van der Waals surface area contributed by atoms with Gasteiger partial charge >= 0.3 is 6.03 Å². The van der Waals surface area contributed by atoms with E-state index in [-0.39, 0.29) is 6.10 Å². The summed E-state index contributed by atoms with van der Waals surface area (Å²) in [7, 11) is 0. The third kappa shape index (κ3) is 4.31. The van der Waals surface area contributed by atoms with Crippen LogP contribution in [-0.2, 0) is 4.84 Å². The second-order valence-electron chi connectivity index (χ2n) is 4.67. The summed E-state index contributed by atoms with van der Waals surface area (Å²) in [5.41, 5.74) is 0. The van der Waals surface area contributed by atoms with Gasteiger partial charge in [0.15, 0.2) is 0 Å². The van der Waals surface area contributed by atoms with Crippen LogP contribution in [0.1, 0.15) is 25.7 Å². The maximum Gasteiger partial charge on any atom is 0.404 e. The van der Waals surface area contributed by atoms with E-state index in [9.17, 15) is 9.70 Å². The van der Waals surface area contributed by atoms with Crippen molar-refractivity contribution in [3.05, 3.63) is 35.2 Å². The number of unbranched alkanes of at least 4 members (excludes halogenated alkanes) is 2. The average Bonchev–Trinajstić information content (AvgIpc) is 2.44. The van der Waals surface area contributed by atoms with Crippen LogP contribution in [0.5, 0.6) is 5.75 Å². The summed E-state index contributed by atoms with van der Waals surface area (Å²) in [5, 5.41) is 3.29.